The number of nitrogens with two attached hydrogens (primary N) is 1. The van der Waals surface area contributed by atoms with Gasteiger partial charge < -0.3 is 11.1 Å². The standard InChI is InChI=1S/C12H12N4O/c13-7-9-1-3-11(4-2-9)16-12(17)10-5-6-14-15-8-10/h1-6,8H,7,13H2,(H,16,17). The third-order valence-corrected chi connectivity index (χ3v) is 2.29. The molecule has 0 saturated carbocycles. The van der Waals surface area contributed by atoms with Crippen LogP contribution in [0, 0.1) is 0 Å². The minimum atomic E-state index is -0.208. The van der Waals surface area contributed by atoms with Crippen LogP contribution in [0.25, 0.3) is 0 Å². The van der Waals surface area contributed by atoms with Gasteiger partial charge in [-0.05, 0) is 23.8 Å². The van der Waals surface area contributed by atoms with Crippen LogP contribution in [0.5, 0.6) is 0 Å². The van der Waals surface area contributed by atoms with Crippen molar-refractivity contribution in [3.05, 3.63) is 53.9 Å². The molecular weight excluding hydrogens is 216 g/mol. The first-order valence-corrected chi connectivity index (χ1v) is 5.16. The van der Waals surface area contributed by atoms with Gasteiger partial charge >= 0.3 is 0 Å². The van der Waals surface area contributed by atoms with E-state index >= 15 is 0 Å². The van der Waals surface area contributed by atoms with Crippen molar-refractivity contribution in [1.29, 1.82) is 0 Å². The van der Waals surface area contributed by atoms with Gasteiger partial charge in [-0.3, -0.25) is 4.79 Å². The summed E-state index contributed by atoms with van der Waals surface area (Å²) >= 11 is 0. The Bertz CT molecular complexity index is 496. The molecule has 2 rings (SSSR count). The predicted octanol–water partition coefficient (Wildman–Crippen LogP) is 1.19. The number of carbonyl (C=O) groups is 1. The van der Waals surface area contributed by atoms with Crippen molar-refractivity contribution < 1.29 is 4.79 Å². The molecule has 0 unspecified atom stereocenters. The van der Waals surface area contributed by atoms with Crippen LogP contribution < -0.4 is 11.1 Å². The average molecular weight is 228 g/mol. The Morgan fingerprint density at radius 1 is 1.18 bits per heavy atom. The Balaban J connectivity index is 2.08. The Morgan fingerprint density at radius 3 is 2.53 bits per heavy atom. The average Bonchev–Trinajstić information content (AvgIpc) is 2.40. The maximum atomic E-state index is 11.8. The van der Waals surface area contributed by atoms with Gasteiger partial charge in [0.25, 0.3) is 5.91 Å². The molecule has 1 aromatic carbocycles. The van der Waals surface area contributed by atoms with Gasteiger partial charge in [0.2, 0.25) is 0 Å². The zero-order valence-corrected chi connectivity index (χ0v) is 9.13. The summed E-state index contributed by atoms with van der Waals surface area (Å²) in [5.41, 5.74) is 7.71. The molecular formula is C12H12N4O. The maximum absolute atomic E-state index is 11.8. The number of amides is 1. The van der Waals surface area contributed by atoms with Gasteiger partial charge in [-0.1, -0.05) is 12.1 Å². The second kappa shape index (κ2) is 5.18. The fourth-order valence-electron chi connectivity index (χ4n) is 1.35. The second-order valence-corrected chi connectivity index (χ2v) is 3.49. The first-order valence-electron chi connectivity index (χ1n) is 5.16. The summed E-state index contributed by atoms with van der Waals surface area (Å²) in [6.07, 6.45) is 2.90. The number of hydrogen-bond donors (Lipinski definition) is 2. The van der Waals surface area contributed by atoms with Crippen LogP contribution >= 0.6 is 0 Å². The van der Waals surface area contributed by atoms with E-state index < -0.39 is 0 Å². The van der Waals surface area contributed by atoms with E-state index in [0.29, 0.717) is 12.1 Å². The summed E-state index contributed by atoms with van der Waals surface area (Å²) in [4.78, 5) is 11.8. The van der Waals surface area contributed by atoms with E-state index in [9.17, 15) is 4.79 Å². The highest BCUT2D eigenvalue weighted by molar-refractivity contribution is 6.03. The van der Waals surface area contributed by atoms with E-state index in [-0.39, 0.29) is 5.91 Å². The van der Waals surface area contributed by atoms with E-state index in [2.05, 4.69) is 15.5 Å². The van der Waals surface area contributed by atoms with E-state index in [1.54, 1.807) is 6.07 Å². The molecule has 1 heterocycles. The van der Waals surface area contributed by atoms with Gasteiger partial charge in [0.15, 0.2) is 0 Å². The molecule has 0 atom stereocenters. The monoisotopic (exact) mass is 228 g/mol. The highest BCUT2D eigenvalue weighted by Crippen LogP contribution is 2.10. The lowest BCUT2D eigenvalue weighted by Gasteiger charge is -2.05. The smallest absolute Gasteiger partial charge is 0.257 e. The molecule has 0 aliphatic carbocycles. The van der Waals surface area contributed by atoms with E-state index in [1.165, 1.54) is 12.4 Å². The Morgan fingerprint density at radius 2 is 1.94 bits per heavy atom. The van der Waals surface area contributed by atoms with Crippen molar-refractivity contribution in [3.63, 3.8) is 0 Å². The van der Waals surface area contributed by atoms with Crippen LogP contribution in [-0.4, -0.2) is 16.1 Å². The highest BCUT2D eigenvalue weighted by atomic mass is 16.1. The zero-order chi connectivity index (χ0) is 12.1. The van der Waals surface area contributed by atoms with Crippen LogP contribution in [0.1, 0.15) is 15.9 Å². The third-order valence-electron chi connectivity index (χ3n) is 2.29. The highest BCUT2D eigenvalue weighted by Gasteiger charge is 2.05. The summed E-state index contributed by atoms with van der Waals surface area (Å²) in [5.74, 6) is -0.208. The minimum absolute atomic E-state index is 0.208. The molecule has 2 aromatic rings. The van der Waals surface area contributed by atoms with Crippen LogP contribution in [-0.2, 0) is 6.54 Å². The van der Waals surface area contributed by atoms with Crippen molar-refractivity contribution in [2.45, 2.75) is 6.54 Å². The summed E-state index contributed by atoms with van der Waals surface area (Å²) in [7, 11) is 0. The third kappa shape index (κ3) is 2.85. The van der Waals surface area contributed by atoms with Gasteiger partial charge in [-0.25, -0.2) is 0 Å². The number of rotatable bonds is 3. The molecule has 17 heavy (non-hydrogen) atoms. The number of nitrogens with zero attached hydrogens (tertiary/aromatic N) is 2. The molecule has 5 heteroatoms. The SMILES string of the molecule is NCc1ccc(NC(=O)c2ccnnc2)cc1. The van der Waals surface area contributed by atoms with E-state index in [1.807, 2.05) is 24.3 Å². The van der Waals surface area contributed by atoms with Crippen molar-refractivity contribution in [2.75, 3.05) is 5.32 Å². The van der Waals surface area contributed by atoms with Crippen molar-refractivity contribution in [3.8, 4) is 0 Å². The number of hydrogen-bond acceptors (Lipinski definition) is 4. The first kappa shape index (κ1) is 11.2. The predicted molar refractivity (Wildman–Crippen MR) is 64.3 cm³/mol. The fraction of sp³-hybridized carbons (Fsp3) is 0.0833. The molecule has 1 amide bonds. The first-order chi connectivity index (χ1) is 8.29. The lowest BCUT2D eigenvalue weighted by Crippen LogP contribution is -2.12. The molecule has 0 saturated heterocycles. The zero-order valence-electron chi connectivity index (χ0n) is 9.13. The fourth-order valence-corrected chi connectivity index (χ4v) is 1.35. The quantitative estimate of drug-likeness (QED) is 0.826. The lowest BCUT2D eigenvalue weighted by molar-refractivity contribution is 0.102. The molecule has 0 radical (unpaired) electrons. The summed E-state index contributed by atoms with van der Waals surface area (Å²) in [6.45, 7) is 0.489. The van der Waals surface area contributed by atoms with Gasteiger partial charge in [0, 0.05) is 12.2 Å². The second-order valence-electron chi connectivity index (χ2n) is 3.49. The van der Waals surface area contributed by atoms with Crippen LogP contribution in [0.3, 0.4) is 0 Å². The Kier molecular flexibility index (Phi) is 3.42. The molecule has 0 bridgehead atoms. The topological polar surface area (TPSA) is 80.9 Å². The normalized spacial score (nSPS) is 9.94. The van der Waals surface area contributed by atoms with Crippen LogP contribution in [0.2, 0.25) is 0 Å². The van der Waals surface area contributed by atoms with Gasteiger partial charge in [0.1, 0.15) is 0 Å². The maximum Gasteiger partial charge on any atom is 0.257 e. The van der Waals surface area contributed by atoms with Crippen molar-refractivity contribution in [1.82, 2.24) is 10.2 Å². The van der Waals surface area contributed by atoms with Gasteiger partial charge in [-0.15, -0.1) is 0 Å². The van der Waals surface area contributed by atoms with Crippen molar-refractivity contribution >= 4 is 11.6 Å². The summed E-state index contributed by atoms with van der Waals surface area (Å²) in [5, 5.41) is 10.0. The van der Waals surface area contributed by atoms with Crippen LogP contribution in [0.15, 0.2) is 42.7 Å². The van der Waals surface area contributed by atoms with E-state index in [4.69, 9.17) is 5.73 Å². The Labute approximate surface area is 98.7 Å². The largest absolute Gasteiger partial charge is 0.326 e. The number of anilines is 1. The molecule has 3 N–H and O–H groups in total. The van der Waals surface area contributed by atoms with Gasteiger partial charge in [0.05, 0.1) is 18.0 Å². The van der Waals surface area contributed by atoms with Crippen LogP contribution in [0.4, 0.5) is 5.69 Å². The molecule has 1 aromatic heterocycles. The Hall–Kier alpha value is -2.27. The number of nitrogens with one attached hydrogen (secondary N) is 1. The lowest BCUT2D eigenvalue weighted by atomic mass is 10.2. The molecule has 0 aliphatic rings. The number of benzene rings is 1. The molecule has 0 aliphatic heterocycles. The number of carbonyl (C=O) groups excluding carboxylic acids is 1. The molecule has 5 nitrogen and oxygen atoms in total. The number of aromatic nitrogens is 2. The van der Waals surface area contributed by atoms with E-state index in [0.717, 1.165) is 11.3 Å². The minimum Gasteiger partial charge on any atom is -0.326 e. The molecule has 0 spiro atoms. The van der Waals surface area contributed by atoms with Gasteiger partial charge in [-0.2, -0.15) is 10.2 Å². The molecule has 86 valence electrons. The van der Waals surface area contributed by atoms with Crippen molar-refractivity contribution in [2.24, 2.45) is 5.73 Å². The summed E-state index contributed by atoms with van der Waals surface area (Å²) in [6, 6.07) is 8.99. The summed E-state index contributed by atoms with van der Waals surface area (Å²) < 4.78 is 0. The molecule has 0 fully saturated rings.